The molecule has 11 heteroatoms. The lowest BCUT2D eigenvalue weighted by atomic mass is 9.91. The number of nitrogens with one attached hydrogen (secondary N) is 4. The number of hydrazine groups is 1. The van der Waals surface area contributed by atoms with E-state index < -0.39 is 17.8 Å². The highest BCUT2D eigenvalue weighted by atomic mass is 16.4. The van der Waals surface area contributed by atoms with Gasteiger partial charge in [0, 0.05) is 78.0 Å². The van der Waals surface area contributed by atoms with Gasteiger partial charge in [-0.05, 0) is 73.9 Å². The van der Waals surface area contributed by atoms with Crippen LogP contribution in [0.15, 0.2) is 17.3 Å². The first-order valence-electron chi connectivity index (χ1n) is 15.6. The summed E-state index contributed by atoms with van der Waals surface area (Å²) in [4.78, 5) is 42.7. The summed E-state index contributed by atoms with van der Waals surface area (Å²) in [5.41, 5.74) is 12.3. The first-order chi connectivity index (χ1) is 20.8. The molecule has 2 aromatic rings. The van der Waals surface area contributed by atoms with E-state index >= 15 is 0 Å². The van der Waals surface area contributed by atoms with Crippen LogP contribution in [0.3, 0.4) is 0 Å². The number of rotatable bonds is 12. The van der Waals surface area contributed by atoms with Gasteiger partial charge < -0.3 is 30.6 Å². The number of nitrogens with zero attached hydrogens (tertiary/aromatic N) is 1. The number of aliphatic carboxylic acids is 2. The normalized spacial score (nSPS) is 29.4. The van der Waals surface area contributed by atoms with E-state index in [1.807, 2.05) is 44.9 Å². The topological polar surface area (TPSA) is 180 Å². The molecule has 3 aliphatic heterocycles. The van der Waals surface area contributed by atoms with Gasteiger partial charge in [0.05, 0.1) is 0 Å². The molecule has 5 rings (SSSR count). The van der Waals surface area contributed by atoms with E-state index in [0.717, 1.165) is 62.7 Å². The van der Waals surface area contributed by atoms with Crippen molar-refractivity contribution in [2.45, 2.75) is 98.4 Å². The molecule has 238 valence electrons. The minimum Gasteiger partial charge on any atom is -0.481 e. The Balaban J connectivity index is 1.51. The van der Waals surface area contributed by atoms with E-state index in [0.29, 0.717) is 25.7 Å². The van der Waals surface area contributed by atoms with Crippen LogP contribution in [0, 0.1) is 31.6 Å². The molecular formula is C33H45N5O6. The van der Waals surface area contributed by atoms with Crippen LogP contribution in [0.2, 0.25) is 0 Å². The second-order valence-electron chi connectivity index (χ2n) is 12.6. The van der Waals surface area contributed by atoms with Crippen LogP contribution in [-0.2, 0) is 40.1 Å². The molecule has 3 aliphatic rings. The number of allylic oxidation sites excluding steroid dienone is 2. The van der Waals surface area contributed by atoms with E-state index in [1.165, 1.54) is 0 Å². The van der Waals surface area contributed by atoms with Gasteiger partial charge in [-0.1, -0.05) is 26.8 Å². The van der Waals surface area contributed by atoms with Gasteiger partial charge in [-0.25, -0.2) is 5.43 Å². The number of carbonyl (C=O) groups excluding carboxylic acids is 1. The molecule has 0 saturated carbocycles. The van der Waals surface area contributed by atoms with Gasteiger partial charge >= 0.3 is 11.9 Å². The second-order valence-corrected chi connectivity index (χ2v) is 12.6. The number of carboxylic acids is 2. The molecule has 44 heavy (non-hydrogen) atoms. The number of H-pyrrole nitrogens is 2. The Hall–Kier alpha value is -3.67. The van der Waals surface area contributed by atoms with Crippen LogP contribution in [0.5, 0.6) is 0 Å². The summed E-state index contributed by atoms with van der Waals surface area (Å²) in [5, 5.41) is 34.8. The number of aromatic amines is 2. The lowest BCUT2D eigenvalue weighted by molar-refractivity contribution is -0.138. The molecule has 3 saturated heterocycles. The lowest BCUT2D eigenvalue weighted by Gasteiger charge is -2.19. The highest BCUT2D eigenvalue weighted by Gasteiger charge is 2.65. The number of hydrogen-bond donors (Lipinski definition) is 7. The predicted octanol–water partition coefficient (Wildman–Crippen LogP) is 3.69. The number of aliphatic hydroxyl groups is 1. The number of fused-ring (bicyclic) bond motifs is 1. The van der Waals surface area contributed by atoms with Crippen molar-refractivity contribution in [1.82, 2.24) is 25.7 Å². The minimum atomic E-state index is -1.09. The van der Waals surface area contributed by atoms with Gasteiger partial charge in [0.15, 0.2) is 0 Å². The molecule has 0 radical (unpaired) electrons. The molecule has 6 atom stereocenters. The maximum Gasteiger partial charge on any atom is 0.303 e. The summed E-state index contributed by atoms with van der Waals surface area (Å²) in [6.07, 6.45) is 6.53. The number of hydrogen-bond acceptors (Lipinski definition) is 6. The van der Waals surface area contributed by atoms with E-state index in [4.69, 9.17) is 0 Å². The number of amides is 1. The molecule has 0 aromatic carbocycles. The van der Waals surface area contributed by atoms with Gasteiger partial charge in [-0.15, -0.1) is 0 Å². The molecule has 2 aromatic heterocycles. The summed E-state index contributed by atoms with van der Waals surface area (Å²) in [6, 6.07) is 0.0244. The van der Waals surface area contributed by atoms with Crippen LogP contribution in [0.4, 0.5) is 0 Å². The van der Waals surface area contributed by atoms with Crippen molar-refractivity contribution < 1.29 is 29.7 Å². The molecule has 0 spiro atoms. The fourth-order valence-electron chi connectivity index (χ4n) is 7.48. The highest BCUT2D eigenvalue weighted by Crippen LogP contribution is 2.48. The molecule has 0 aliphatic carbocycles. The third-order valence-corrected chi connectivity index (χ3v) is 10.1. The Morgan fingerprint density at radius 1 is 0.955 bits per heavy atom. The molecular weight excluding hydrogens is 562 g/mol. The van der Waals surface area contributed by atoms with E-state index in [9.17, 15) is 29.7 Å². The SMILES string of the molecule is C/C=C1/C(C)[C@@H](Cc2[nH]c(Cc3[nH]c(/C=C4\NC(=O)[C@H](C)[C@H]4CC)c(C)c3CCC(=O)O)c(CCC(=O)O)c2C)N2N[C@]12O. The molecule has 1 amide bonds. The van der Waals surface area contributed by atoms with Gasteiger partial charge in [0.2, 0.25) is 11.8 Å². The van der Waals surface area contributed by atoms with Crippen molar-refractivity contribution in [1.29, 1.82) is 0 Å². The molecule has 7 N–H and O–H groups in total. The Bertz CT molecular complexity index is 1550. The van der Waals surface area contributed by atoms with Gasteiger partial charge in [0.1, 0.15) is 0 Å². The molecule has 0 bridgehead atoms. The maximum absolute atomic E-state index is 12.4. The first kappa shape index (κ1) is 31.7. The Morgan fingerprint density at radius 2 is 1.57 bits per heavy atom. The first-order valence-corrected chi connectivity index (χ1v) is 15.6. The van der Waals surface area contributed by atoms with Crippen molar-refractivity contribution in [2.75, 3.05) is 0 Å². The third-order valence-electron chi connectivity index (χ3n) is 10.1. The van der Waals surface area contributed by atoms with Gasteiger partial charge in [-0.3, -0.25) is 14.4 Å². The Kier molecular flexibility index (Phi) is 8.67. The van der Waals surface area contributed by atoms with Crippen LogP contribution < -0.4 is 10.7 Å². The quantitative estimate of drug-likeness (QED) is 0.141. The predicted molar refractivity (Wildman–Crippen MR) is 165 cm³/mol. The summed E-state index contributed by atoms with van der Waals surface area (Å²) in [7, 11) is 0. The molecule has 11 nitrogen and oxygen atoms in total. The Morgan fingerprint density at radius 3 is 2.14 bits per heavy atom. The largest absolute Gasteiger partial charge is 0.481 e. The Labute approximate surface area is 257 Å². The lowest BCUT2D eigenvalue weighted by Crippen LogP contribution is -2.28. The minimum absolute atomic E-state index is 0.00499. The standard InChI is InChI=1S/C33H45N5O6/c1-7-20-18(5)32(43)36-26(20)13-24-16(3)21(9-11-30(39)40)27(34-24)14-28-22(10-12-31(41)42)17(4)25(35-28)15-29-19(6)23(8-2)33(44)37-38(29)33/h8,13,18-20,29,34-35,37,44H,7,9-12,14-15H2,1-6H3,(H,36,43)(H,39,40)(H,41,42)/b23-8-,26-13-/t18-,19?,20-,29-,33-,38?/m1/s1. The summed E-state index contributed by atoms with van der Waals surface area (Å²) >= 11 is 0. The zero-order valence-corrected chi connectivity index (χ0v) is 26.4. The average Bonchev–Trinajstić information content (AvgIpc) is 3.14. The fraction of sp³-hybridized carbons (Fsp3) is 0.545. The van der Waals surface area contributed by atoms with E-state index in [1.54, 1.807) is 0 Å². The van der Waals surface area contributed by atoms with Gasteiger partial charge in [0.25, 0.3) is 0 Å². The molecule has 5 heterocycles. The zero-order chi connectivity index (χ0) is 32.1. The van der Waals surface area contributed by atoms with Crippen LogP contribution in [0.25, 0.3) is 6.08 Å². The second kappa shape index (κ2) is 12.0. The number of carboxylic acid groups (broad SMARTS) is 2. The van der Waals surface area contributed by atoms with Crippen molar-refractivity contribution in [3.05, 3.63) is 62.4 Å². The number of aromatic nitrogens is 2. The van der Waals surface area contributed by atoms with E-state index in [-0.39, 0.29) is 42.5 Å². The third kappa shape index (κ3) is 5.64. The van der Waals surface area contributed by atoms with Crippen molar-refractivity contribution in [3.8, 4) is 0 Å². The van der Waals surface area contributed by atoms with E-state index in [2.05, 4.69) is 34.6 Å². The fourth-order valence-corrected chi connectivity index (χ4v) is 7.48. The van der Waals surface area contributed by atoms with Crippen molar-refractivity contribution in [3.63, 3.8) is 0 Å². The summed E-state index contributed by atoms with van der Waals surface area (Å²) < 4.78 is 0. The molecule has 2 unspecified atom stereocenters. The van der Waals surface area contributed by atoms with Crippen molar-refractivity contribution >= 4 is 23.9 Å². The van der Waals surface area contributed by atoms with Crippen LogP contribution in [0.1, 0.15) is 92.0 Å². The highest BCUT2D eigenvalue weighted by molar-refractivity contribution is 5.86. The summed E-state index contributed by atoms with van der Waals surface area (Å²) in [5.74, 6) is -2.73. The summed E-state index contributed by atoms with van der Waals surface area (Å²) in [6.45, 7) is 12.0. The molecule has 3 fully saturated rings. The monoisotopic (exact) mass is 607 g/mol. The van der Waals surface area contributed by atoms with Crippen molar-refractivity contribution in [2.24, 2.45) is 17.8 Å². The van der Waals surface area contributed by atoms with Crippen LogP contribution in [-0.4, -0.2) is 60.0 Å². The van der Waals surface area contributed by atoms with Crippen LogP contribution >= 0.6 is 0 Å². The maximum atomic E-state index is 12.4. The smallest absolute Gasteiger partial charge is 0.303 e. The number of carbonyl (C=O) groups is 3. The van der Waals surface area contributed by atoms with Gasteiger partial charge in [-0.2, -0.15) is 5.01 Å². The average molecular weight is 608 g/mol. The zero-order valence-electron chi connectivity index (χ0n) is 26.4.